The van der Waals surface area contributed by atoms with Crippen LogP contribution in [0.4, 0.5) is 5.82 Å². The van der Waals surface area contributed by atoms with E-state index < -0.39 is 6.50 Å². The zero-order valence-corrected chi connectivity index (χ0v) is 13.0. The van der Waals surface area contributed by atoms with Crippen molar-refractivity contribution >= 4 is 50.2 Å². The van der Waals surface area contributed by atoms with E-state index in [9.17, 15) is 0 Å². The Bertz CT molecular complexity index is 803. The molecule has 3 rings (SSSR count). The number of aromatic nitrogens is 3. The normalized spacial score (nSPS) is 13.4. The van der Waals surface area contributed by atoms with Crippen LogP contribution in [-0.4, -0.2) is 14.6 Å². The van der Waals surface area contributed by atoms with Crippen LogP contribution in [0.3, 0.4) is 0 Å². The third-order valence-electron chi connectivity index (χ3n) is 2.62. The zero-order chi connectivity index (χ0) is 15.2. The number of aryl methyl sites for hydroxylation is 1. The molecule has 0 spiro atoms. The first-order chi connectivity index (χ1) is 9.88. The third-order valence-corrected chi connectivity index (χ3v) is 4.37. The summed E-state index contributed by atoms with van der Waals surface area (Å²) in [5, 5.41) is 8.80. The van der Waals surface area contributed by atoms with Crippen LogP contribution in [0, 0.1) is 6.92 Å². The highest BCUT2D eigenvalue weighted by atomic mass is 79.9. The molecule has 0 radical (unpaired) electrons. The molecule has 3 aromatic heterocycles. The third kappa shape index (κ3) is 2.48. The van der Waals surface area contributed by atoms with Gasteiger partial charge >= 0.3 is 0 Å². The number of thiophene rings is 1. The summed E-state index contributed by atoms with van der Waals surface area (Å²) in [5.41, 5.74) is 1.60. The lowest BCUT2D eigenvalue weighted by Gasteiger charge is -2.07. The monoisotopic (exact) mass is 358 g/mol. The highest BCUT2D eigenvalue weighted by Gasteiger charge is 2.12. The molecule has 0 aliphatic rings. The van der Waals surface area contributed by atoms with Crippen LogP contribution in [-0.2, 0) is 6.50 Å². The Morgan fingerprint density at radius 2 is 2.47 bits per heavy atom. The summed E-state index contributed by atoms with van der Waals surface area (Å²) >= 11 is 10.7. The number of fused-ring (bicyclic) bond motifs is 1. The molecule has 0 atom stereocenters. The summed E-state index contributed by atoms with van der Waals surface area (Å²) in [4.78, 5) is 4.70. The van der Waals surface area contributed by atoms with Gasteiger partial charge in [0.05, 0.1) is 9.24 Å². The second-order valence-electron chi connectivity index (χ2n) is 3.85. The van der Waals surface area contributed by atoms with Gasteiger partial charge in [-0.05, 0) is 51.5 Å². The van der Waals surface area contributed by atoms with Crippen molar-refractivity contribution in [1.82, 2.24) is 14.6 Å². The van der Waals surface area contributed by atoms with E-state index in [-0.39, 0.29) is 5.28 Å². The van der Waals surface area contributed by atoms with E-state index in [1.165, 1.54) is 11.3 Å². The highest BCUT2D eigenvalue weighted by molar-refractivity contribution is 9.10. The van der Waals surface area contributed by atoms with Gasteiger partial charge in [0.1, 0.15) is 5.52 Å². The Labute approximate surface area is 130 Å². The Balaban J connectivity index is 2.12. The largest absolute Gasteiger partial charge is 0.363 e. The van der Waals surface area contributed by atoms with Crippen LogP contribution in [0.25, 0.3) is 5.52 Å². The molecule has 7 heteroatoms. The lowest BCUT2D eigenvalue weighted by atomic mass is 10.3. The standard InChI is InChI=1S/C12H10BrClN4S/c1-7-9(13)6-18-10(7)11(16-12(14)17-18)15-5-8-3-2-4-19-8/h2-4,6H,5H2,1H3,(H,15,16,17)/i5D2. The maximum absolute atomic E-state index is 8.19. The summed E-state index contributed by atoms with van der Waals surface area (Å²) in [5.74, 6) is 0.358. The van der Waals surface area contributed by atoms with E-state index in [4.69, 9.17) is 14.3 Å². The van der Waals surface area contributed by atoms with E-state index in [2.05, 4.69) is 31.3 Å². The van der Waals surface area contributed by atoms with Crippen molar-refractivity contribution in [2.45, 2.75) is 13.4 Å². The van der Waals surface area contributed by atoms with Crippen LogP contribution < -0.4 is 5.32 Å². The number of hydrogen-bond acceptors (Lipinski definition) is 4. The first kappa shape index (κ1) is 10.7. The number of nitrogens with zero attached hydrogens (tertiary/aromatic N) is 3. The average molecular weight is 360 g/mol. The summed E-state index contributed by atoms with van der Waals surface area (Å²) in [6.07, 6.45) is 1.77. The van der Waals surface area contributed by atoms with E-state index in [0.717, 1.165) is 10.0 Å². The fourth-order valence-electron chi connectivity index (χ4n) is 1.73. The minimum atomic E-state index is -1.74. The quantitative estimate of drug-likeness (QED) is 0.764. The lowest BCUT2D eigenvalue weighted by molar-refractivity contribution is 0.899. The van der Waals surface area contributed by atoms with Gasteiger partial charge in [0.15, 0.2) is 5.82 Å². The SMILES string of the molecule is [2H]C([2H])(Nc1nc(Cl)nn2cc(Br)c(C)c12)c1cccs1. The zero-order valence-electron chi connectivity index (χ0n) is 11.8. The van der Waals surface area contributed by atoms with Crippen molar-refractivity contribution in [2.24, 2.45) is 0 Å². The number of halogens is 2. The van der Waals surface area contributed by atoms with Crippen LogP contribution in [0.15, 0.2) is 28.2 Å². The van der Waals surface area contributed by atoms with Crippen LogP contribution in [0.1, 0.15) is 13.2 Å². The maximum Gasteiger partial charge on any atom is 0.243 e. The van der Waals surface area contributed by atoms with Gasteiger partial charge in [-0.2, -0.15) is 4.98 Å². The molecule has 19 heavy (non-hydrogen) atoms. The lowest BCUT2D eigenvalue weighted by Crippen LogP contribution is -2.05. The molecular formula is C12H10BrClN4S. The van der Waals surface area contributed by atoms with Crippen LogP contribution >= 0.6 is 38.9 Å². The summed E-state index contributed by atoms with van der Waals surface area (Å²) in [7, 11) is 0. The molecule has 0 saturated heterocycles. The minimum absolute atomic E-state index is 0.0504. The molecule has 0 unspecified atom stereocenters. The Morgan fingerprint density at radius 3 is 3.21 bits per heavy atom. The molecule has 3 heterocycles. The van der Waals surface area contributed by atoms with Crippen molar-refractivity contribution < 1.29 is 2.74 Å². The Morgan fingerprint density at radius 1 is 1.63 bits per heavy atom. The van der Waals surface area contributed by atoms with Crippen molar-refractivity contribution in [3.63, 3.8) is 0 Å². The van der Waals surface area contributed by atoms with Gasteiger partial charge in [-0.3, -0.25) is 0 Å². The first-order valence-electron chi connectivity index (χ1n) is 6.41. The number of anilines is 1. The second-order valence-corrected chi connectivity index (χ2v) is 5.99. The topological polar surface area (TPSA) is 42.2 Å². The van der Waals surface area contributed by atoms with Crippen molar-refractivity contribution in [3.8, 4) is 0 Å². The molecule has 0 saturated carbocycles. The van der Waals surface area contributed by atoms with E-state index in [0.29, 0.717) is 16.2 Å². The predicted octanol–water partition coefficient (Wildman–Crippen LogP) is 4.13. The van der Waals surface area contributed by atoms with Gasteiger partial charge in [0, 0.05) is 15.5 Å². The molecule has 3 aromatic rings. The highest BCUT2D eigenvalue weighted by Crippen LogP contribution is 2.28. The second kappa shape index (κ2) is 5.11. The molecule has 0 fully saturated rings. The molecule has 0 amide bonds. The molecule has 0 aromatic carbocycles. The first-order valence-corrected chi connectivity index (χ1v) is 7.47. The maximum atomic E-state index is 8.19. The summed E-state index contributed by atoms with van der Waals surface area (Å²) in [6.45, 7) is 0.165. The van der Waals surface area contributed by atoms with Crippen LogP contribution in [0.5, 0.6) is 0 Å². The fourth-order valence-corrected chi connectivity index (χ4v) is 2.85. The van der Waals surface area contributed by atoms with Crippen molar-refractivity contribution in [2.75, 3.05) is 5.32 Å². The van der Waals surface area contributed by atoms with Gasteiger partial charge in [-0.25, -0.2) is 4.52 Å². The van der Waals surface area contributed by atoms with Gasteiger partial charge < -0.3 is 5.32 Å². The number of hydrogen-bond donors (Lipinski definition) is 1. The van der Waals surface area contributed by atoms with Gasteiger partial charge in [-0.15, -0.1) is 16.4 Å². The molecule has 98 valence electrons. The van der Waals surface area contributed by atoms with Gasteiger partial charge in [-0.1, -0.05) is 6.07 Å². The summed E-state index contributed by atoms with van der Waals surface area (Å²) < 4.78 is 18.8. The average Bonchev–Trinajstić information content (AvgIpc) is 2.99. The van der Waals surface area contributed by atoms with Crippen molar-refractivity contribution in [1.29, 1.82) is 0 Å². The molecule has 4 nitrogen and oxygen atoms in total. The van der Waals surface area contributed by atoms with Crippen LogP contribution in [0.2, 0.25) is 5.28 Å². The minimum Gasteiger partial charge on any atom is -0.363 e. The van der Waals surface area contributed by atoms with E-state index >= 15 is 0 Å². The Hall–Kier alpha value is -1.11. The van der Waals surface area contributed by atoms with Gasteiger partial charge in [0.25, 0.3) is 0 Å². The van der Waals surface area contributed by atoms with E-state index in [1.54, 1.807) is 22.8 Å². The van der Waals surface area contributed by atoms with Gasteiger partial charge in [0.2, 0.25) is 5.28 Å². The predicted molar refractivity (Wildman–Crippen MR) is 82.1 cm³/mol. The van der Waals surface area contributed by atoms with Crippen molar-refractivity contribution in [3.05, 3.63) is 43.9 Å². The fraction of sp³-hybridized carbons (Fsp3) is 0.167. The number of nitrogens with one attached hydrogen (secondary N) is 1. The molecule has 0 bridgehead atoms. The summed E-state index contributed by atoms with van der Waals surface area (Å²) in [6, 6.07) is 3.54. The molecule has 0 aliphatic heterocycles. The van der Waals surface area contributed by atoms with E-state index in [1.807, 2.05) is 12.3 Å². The molecular weight excluding hydrogens is 348 g/mol. The number of rotatable bonds is 3. The Kier molecular flexibility index (Phi) is 2.86. The molecule has 1 N–H and O–H groups in total. The molecule has 0 aliphatic carbocycles. The smallest absolute Gasteiger partial charge is 0.243 e.